The molecule has 2 saturated heterocycles. The molecular formula is C24H29N3O3. The van der Waals surface area contributed by atoms with E-state index in [2.05, 4.69) is 10.2 Å². The van der Waals surface area contributed by atoms with E-state index in [0.717, 1.165) is 13.1 Å². The van der Waals surface area contributed by atoms with Gasteiger partial charge in [-0.2, -0.15) is 0 Å². The molecule has 2 N–H and O–H groups in total. The van der Waals surface area contributed by atoms with Crippen molar-refractivity contribution in [2.75, 3.05) is 31.5 Å². The number of nitrogens with zero attached hydrogens (tertiary/aromatic N) is 2. The number of hydrogen-bond acceptors (Lipinski definition) is 5. The number of rotatable bonds is 6. The lowest BCUT2D eigenvalue weighted by Crippen LogP contribution is -2.43. The van der Waals surface area contributed by atoms with Crippen LogP contribution in [0.3, 0.4) is 0 Å². The van der Waals surface area contributed by atoms with E-state index in [4.69, 9.17) is 0 Å². The molecule has 2 aromatic carbocycles. The SMILES string of the molecule is C[C@H](C(=O)Nc1ccccc1C(=O)c1ccccc1)N1C[C@@H](O)[C@H](N2CCCC2)C1. The van der Waals surface area contributed by atoms with Gasteiger partial charge in [0.15, 0.2) is 5.78 Å². The Morgan fingerprint density at radius 1 is 1.00 bits per heavy atom. The van der Waals surface area contributed by atoms with Crippen LogP contribution in [0.5, 0.6) is 0 Å². The number of aliphatic hydroxyl groups excluding tert-OH is 1. The van der Waals surface area contributed by atoms with Crippen molar-refractivity contribution in [3.05, 3.63) is 65.7 Å². The minimum absolute atomic E-state index is 0.0923. The maximum absolute atomic E-state index is 13.0. The molecule has 0 radical (unpaired) electrons. The molecule has 0 aromatic heterocycles. The molecule has 2 heterocycles. The van der Waals surface area contributed by atoms with Crippen molar-refractivity contribution in [2.24, 2.45) is 0 Å². The van der Waals surface area contributed by atoms with Crippen LogP contribution in [0.4, 0.5) is 5.69 Å². The third kappa shape index (κ3) is 4.31. The standard InChI is InChI=1S/C24H29N3O3/c1-17(27-15-21(22(28)16-27)26-13-7-8-14-26)24(30)25-20-12-6-5-11-19(20)23(29)18-9-3-2-4-10-18/h2-6,9-12,17,21-22,28H,7-8,13-16H2,1H3,(H,25,30)/t17-,21-,22-/m1/s1. The van der Waals surface area contributed by atoms with E-state index in [1.54, 1.807) is 30.3 Å². The number of carbonyl (C=O) groups excluding carboxylic acids is 2. The van der Waals surface area contributed by atoms with E-state index >= 15 is 0 Å². The Balaban J connectivity index is 1.45. The molecule has 2 aliphatic heterocycles. The number of ketones is 1. The summed E-state index contributed by atoms with van der Waals surface area (Å²) in [6.45, 7) is 5.06. The third-order valence-electron chi connectivity index (χ3n) is 6.29. The fraction of sp³-hybridized carbons (Fsp3) is 0.417. The highest BCUT2D eigenvalue weighted by Crippen LogP contribution is 2.24. The van der Waals surface area contributed by atoms with Gasteiger partial charge in [-0.15, -0.1) is 0 Å². The van der Waals surface area contributed by atoms with Crippen molar-refractivity contribution in [3.8, 4) is 0 Å². The first-order valence-electron chi connectivity index (χ1n) is 10.7. The van der Waals surface area contributed by atoms with Gasteiger partial charge in [-0.05, 0) is 45.0 Å². The number of benzene rings is 2. The summed E-state index contributed by atoms with van der Waals surface area (Å²) >= 11 is 0. The van der Waals surface area contributed by atoms with Gasteiger partial charge in [-0.3, -0.25) is 19.4 Å². The molecule has 4 rings (SSSR count). The molecule has 2 aromatic rings. The Morgan fingerprint density at radius 2 is 1.67 bits per heavy atom. The molecule has 0 spiro atoms. The van der Waals surface area contributed by atoms with Crippen LogP contribution >= 0.6 is 0 Å². The molecule has 6 heteroatoms. The maximum Gasteiger partial charge on any atom is 0.241 e. The molecule has 3 atom stereocenters. The quantitative estimate of drug-likeness (QED) is 0.720. The Labute approximate surface area is 177 Å². The lowest BCUT2D eigenvalue weighted by atomic mass is 10.0. The Bertz CT molecular complexity index is 896. The monoisotopic (exact) mass is 407 g/mol. The normalized spacial score (nSPS) is 23.4. The number of anilines is 1. The van der Waals surface area contributed by atoms with Gasteiger partial charge in [-0.25, -0.2) is 0 Å². The van der Waals surface area contributed by atoms with E-state index in [1.807, 2.05) is 36.1 Å². The summed E-state index contributed by atoms with van der Waals surface area (Å²) < 4.78 is 0. The molecular weight excluding hydrogens is 378 g/mol. The van der Waals surface area contributed by atoms with Gasteiger partial charge in [0.25, 0.3) is 0 Å². The first-order valence-corrected chi connectivity index (χ1v) is 10.7. The Kier molecular flexibility index (Phi) is 6.27. The van der Waals surface area contributed by atoms with E-state index in [0.29, 0.717) is 29.9 Å². The summed E-state index contributed by atoms with van der Waals surface area (Å²) in [7, 11) is 0. The molecule has 0 unspecified atom stereocenters. The summed E-state index contributed by atoms with van der Waals surface area (Å²) in [6.07, 6.45) is 1.90. The van der Waals surface area contributed by atoms with Crippen LogP contribution in [-0.4, -0.2) is 71.0 Å². The Hall–Kier alpha value is -2.54. The average molecular weight is 408 g/mol. The van der Waals surface area contributed by atoms with Crippen molar-refractivity contribution in [3.63, 3.8) is 0 Å². The molecule has 2 aliphatic rings. The van der Waals surface area contributed by atoms with Crippen LogP contribution in [0.2, 0.25) is 0 Å². The predicted molar refractivity (Wildman–Crippen MR) is 117 cm³/mol. The topological polar surface area (TPSA) is 72.9 Å². The van der Waals surface area contributed by atoms with Crippen molar-refractivity contribution in [1.82, 2.24) is 9.80 Å². The number of hydrogen-bond donors (Lipinski definition) is 2. The Morgan fingerprint density at radius 3 is 2.40 bits per heavy atom. The van der Waals surface area contributed by atoms with Crippen LogP contribution in [0, 0.1) is 0 Å². The number of aliphatic hydroxyl groups is 1. The first kappa shape index (κ1) is 20.7. The highest BCUT2D eigenvalue weighted by Gasteiger charge is 2.39. The minimum atomic E-state index is -0.440. The van der Waals surface area contributed by atoms with E-state index in [1.165, 1.54) is 12.8 Å². The second-order valence-corrected chi connectivity index (χ2v) is 8.24. The molecule has 2 fully saturated rings. The van der Waals surface area contributed by atoms with Gasteiger partial charge in [0.05, 0.1) is 17.8 Å². The highest BCUT2D eigenvalue weighted by atomic mass is 16.3. The predicted octanol–water partition coefficient (Wildman–Crippen LogP) is 2.39. The summed E-state index contributed by atoms with van der Waals surface area (Å²) in [6, 6.07) is 15.9. The maximum atomic E-state index is 13.0. The molecule has 6 nitrogen and oxygen atoms in total. The number of carbonyl (C=O) groups is 2. The fourth-order valence-corrected chi connectivity index (χ4v) is 4.48. The molecule has 0 bridgehead atoms. The molecule has 30 heavy (non-hydrogen) atoms. The average Bonchev–Trinajstić information content (AvgIpc) is 3.43. The molecule has 0 saturated carbocycles. The van der Waals surface area contributed by atoms with Gasteiger partial charge < -0.3 is 10.4 Å². The molecule has 1 amide bonds. The zero-order valence-corrected chi connectivity index (χ0v) is 17.3. The third-order valence-corrected chi connectivity index (χ3v) is 6.29. The van der Waals surface area contributed by atoms with Gasteiger partial charge in [0.2, 0.25) is 5.91 Å². The fourth-order valence-electron chi connectivity index (χ4n) is 4.48. The van der Waals surface area contributed by atoms with Crippen molar-refractivity contribution < 1.29 is 14.7 Å². The number of amides is 1. The van der Waals surface area contributed by atoms with Crippen LogP contribution < -0.4 is 5.32 Å². The van der Waals surface area contributed by atoms with Crippen molar-refractivity contribution in [1.29, 1.82) is 0 Å². The van der Waals surface area contributed by atoms with E-state index in [-0.39, 0.29) is 17.7 Å². The number of nitrogens with one attached hydrogen (secondary N) is 1. The van der Waals surface area contributed by atoms with Gasteiger partial charge in [0.1, 0.15) is 0 Å². The van der Waals surface area contributed by atoms with Crippen LogP contribution in [-0.2, 0) is 4.79 Å². The van der Waals surface area contributed by atoms with Crippen molar-refractivity contribution >= 4 is 17.4 Å². The number of β-amino-alcohol motifs (C(OH)–C–C–N with tert-alkyl or cyclic N) is 1. The summed E-state index contributed by atoms with van der Waals surface area (Å²) in [4.78, 5) is 30.3. The lowest BCUT2D eigenvalue weighted by molar-refractivity contribution is -0.120. The molecule has 158 valence electrons. The summed E-state index contributed by atoms with van der Waals surface area (Å²) in [5.41, 5.74) is 1.57. The van der Waals surface area contributed by atoms with Gasteiger partial charge >= 0.3 is 0 Å². The van der Waals surface area contributed by atoms with E-state index in [9.17, 15) is 14.7 Å². The van der Waals surface area contributed by atoms with Crippen molar-refractivity contribution in [2.45, 2.75) is 38.0 Å². The zero-order chi connectivity index (χ0) is 21.1. The van der Waals surface area contributed by atoms with Crippen LogP contribution in [0.15, 0.2) is 54.6 Å². The highest BCUT2D eigenvalue weighted by molar-refractivity contribution is 6.14. The number of likely N-dealkylation sites (tertiary alicyclic amines) is 2. The molecule has 0 aliphatic carbocycles. The van der Waals surface area contributed by atoms with Gasteiger partial charge in [0, 0.05) is 30.3 Å². The minimum Gasteiger partial charge on any atom is -0.390 e. The van der Waals surface area contributed by atoms with Crippen LogP contribution in [0.1, 0.15) is 35.7 Å². The van der Waals surface area contributed by atoms with Gasteiger partial charge in [-0.1, -0.05) is 42.5 Å². The first-order chi connectivity index (χ1) is 14.5. The second-order valence-electron chi connectivity index (χ2n) is 8.24. The second kappa shape index (κ2) is 9.08. The number of para-hydroxylation sites is 1. The largest absolute Gasteiger partial charge is 0.390 e. The summed E-state index contributed by atoms with van der Waals surface area (Å²) in [5, 5.41) is 13.5. The summed E-state index contributed by atoms with van der Waals surface area (Å²) in [5.74, 6) is -0.289. The van der Waals surface area contributed by atoms with Crippen LogP contribution in [0.25, 0.3) is 0 Å². The lowest BCUT2D eigenvalue weighted by Gasteiger charge is -2.27. The zero-order valence-electron chi connectivity index (χ0n) is 17.3. The van der Waals surface area contributed by atoms with E-state index < -0.39 is 12.1 Å². The smallest absolute Gasteiger partial charge is 0.241 e.